The van der Waals surface area contributed by atoms with E-state index in [9.17, 15) is 28.0 Å². The van der Waals surface area contributed by atoms with Gasteiger partial charge in [0, 0.05) is 112 Å². The van der Waals surface area contributed by atoms with Crippen LogP contribution < -0.4 is 16.0 Å². The van der Waals surface area contributed by atoms with Crippen molar-refractivity contribution in [1.29, 1.82) is 0 Å². The Morgan fingerprint density at radius 1 is 0.636 bits per heavy atom. The Labute approximate surface area is 455 Å². The van der Waals surface area contributed by atoms with Gasteiger partial charge in [-0.15, -0.1) is 0 Å². The molecule has 6 aromatic rings. The van der Waals surface area contributed by atoms with Crippen LogP contribution in [0, 0.1) is 11.6 Å². The molecule has 4 saturated heterocycles. The van der Waals surface area contributed by atoms with Crippen molar-refractivity contribution < 1.29 is 42.5 Å². The third kappa shape index (κ3) is 15.5. The minimum atomic E-state index is -1.08. The van der Waals surface area contributed by atoms with Gasteiger partial charge in [-0.3, -0.25) is 34.2 Å². The van der Waals surface area contributed by atoms with Crippen LogP contribution in [0.3, 0.4) is 0 Å². The van der Waals surface area contributed by atoms with Crippen LogP contribution in [0.4, 0.5) is 20.2 Å². The van der Waals surface area contributed by atoms with Gasteiger partial charge in [0.15, 0.2) is 0 Å². The van der Waals surface area contributed by atoms with Crippen LogP contribution in [0.15, 0.2) is 134 Å². The molecule has 4 aliphatic rings. The maximum atomic E-state index is 13.3. The lowest BCUT2D eigenvalue weighted by atomic mass is 10.0. The molecule has 0 aliphatic carbocycles. The molecule has 4 unspecified atom stereocenters. The van der Waals surface area contributed by atoms with E-state index in [-0.39, 0.29) is 41.4 Å². The zero-order chi connectivity index (χ0) is 54.4. The third-order valence-electron chi connectivity index (χ3n) is 13.2. The lowest BCUT2D eigenvalue weighted by Crippen LogP contribution is -2.64. The lowest BCUT2D eigenvalue weighted by molar-refractivity contribution is -0.141. The molecule has 15 nitrogen and oxygen atoms in total. The number of benzene rings is 4. The molecule has 4 aromatic carbocycles. The van der Waals surface area contributed by atoms with Crippen LogP contribution in [0.1, 0.15) is 36.1 Å². The Bertz CT molecular complexity index is 3050. The van der Waals surface area contributed by atoms with Crippen LogP contribution >= 0.6 is 23.2 Å². The Morgan fingerprint density at radius 2 is 1.06 bits per heavy atom. The van der Waals surface area contributed by atoms with Gasteiger partial charge < -0.3 is 35.4 Å². The van der Waals surface area contributed by atoms with Crippen LogP contribution in [-0.4, -0.2) is 130 Å². The van der Waals surface area contributed by atoms with Crippen LogP contribution in [0.2, 0.25) is 10.0 Å². The number of nitrogens with one attached hydrogen (secondary N) is 3. The van der Waals surface area contributed by atoms with Crippen molar-refractivity contribution >= 4 is 70.4 Å². The summed E-state index contributed by atoms with van der Waals surface area (Å²) in [5.41, 5.74) is 7.04. The number of carbonyl (C=O) groups excluding carboxylic acids is 3. The van der Waals surface area contributed by atoms with Gasteiger partial charge in [0.2, 0.25) is 17.7 Å². The van der Waals surface area contributed by atoms with E-state index in [2.05, 4.69) is 35.7 Å². The molecule has 4 N–H and O–H groups in total. The SMILES string of the molecule is CC(=O)Nc1cc(Cl)c(-c2ccccn2)cc1/C=C/C(=O)N1CC2COCC(C1)N2Cc1ccc(F)cc1.CC(=O)Nc1cc(Cl)c(-c2ccccn2)cc1/C=C/C(=O)O.Fc1ccc(CN2C3CNCC2COC3)cc1. The number of morpholine rings is 2. The minimum absolute atomic E-state index is 0.0473. The first-order valence-corrected chi connectivity index (χ1v) is 25.7. The number of fused-ring (bicyclic) bond motifs is 4. The highest BCUT2D eigenvalue weighted by Gasteiger charge is 2.39. The zero-order valence-electron chi connectivity index (χ0n) is 42.4. The number of anilines is 2. The molecule has 77 heavy (non-hydrogen) atoms. The molecule has 4 aliphatic heterocycles. The summed E-state index contributed by atoms with van der Waals surface area (Å²) in [6.45, 7) is 10.0. The van der Waals surface area contributed by atoms with Gasteiger partial charge in [-0.25, -0.2) is 13.6 Å². The number of rotatable bonds is 12. The van der Waals surface area contributed by atoms with Crippen molar-refractivity contribution in [3.8, 4) is 22.5 Å². The highest BCUT2D eigenvalue weighted by atomic mass is 35.5. The molecule has 2 aromatic heterocycles. The molecule has 6 heterocycles. The molecule has 0 radical (unpaired) electrons. The normalized spacial score (nSPS) is 19.1. The Hall–Kier alpha value is -7.22. The number of piperazine rings is 2. The maximum Gasteiger partial charge on any atom is 0.328 e. The van der Waals surface area contributed by atoms with Gasteiger partial charge in [-0.1, -0.05) is 59.6 Å². The summed E-state index contributed by atoms with van der Waals surface area (Å²) < 4.78 is 37.6. The molecule has 3 amide bonds. The topological polar surface area (TPSA) is 179 Å². The fraction of sp³-hybridized carbons (Fsp3) is 0.276. The summed E-state index contributed by atoms with van der Waals surface area (Å²) in [5, 5.41) is 18.5. The second kappa shape index (κ2) is 26.7. The number of hydrogen-bond acceptors (Lipinski definition) is 11. The average molecular weight is 1090 g/mol. The second-order valence-corrected chi connectivity index (χ2v) is 19.6. The first-order chi connectivity index (χ1) is 37.2. The number of halogens is 4. The van der Waals surface area contributed by atoms with E-state index in [1.54, 1.807) is 60.9 Å². The highest BCUT2D eigenvalue weighted by Crippen LogP contribution is 2.35. The Kier molecular flexibility index (Phi) is 19.4. The summed E-state index contributed by atoms with van der Waals surface area (Å²) >= 11 is 12.8. The number of ether oxygens (including phenoxy) is 2. The molecule has 0 saturated carbocycles. The van der Waals surface area contributed by atoms with E-state index in [1.165, 1.54) is 55.8 Å². The van der Waals surface area contributed by atoms with Crippen LogP contribution in [-0.2, 0) is 41.7 Å². The van der Waals surface area contributed by atoms with Crippen molar-refractivity contribution in [1.82, 2.24) is 30.0 Å². The smallest absolute Gasteiger partial charge is 0.328 e. The van der Waals surface area contributed by atoms with E-state index in [0.29, 0.717) is 100.0 Å². The number of carboxylic acid groups (broad SMARTS) is 1. The van der Waals surface area contributed by atoms with Crippen molar-refractivity contribution in [2.45, 2.75) is 51.1 Å². The number of nitrogens with zero attached hydrogens (tertiary/aromatic N) is 5. The first kappa shape index (κ1) is 56.0. The van der Waals surface area contributed by atoms with Crippen LogP contribution in [0.5, 0.6) is 0 Å². The van der Waals surface area contributed by atoms with Gasteiger partial charge in [0.05, 0.1) is 59.9 Å². The van der Waals surface area contributed by atoms with E-state index < -0.39 is 5.97 Å². The van der Waals surface area contributed by atoms with Gasteiger partial charge in [-0.2, -0.15) is 0 Å². The molecule has 4 atom stereocenters. The van der Waals surface area contributed by atoms with Crippen molar-refractivity contribution in [2.24, 2.45) is 0 Å². The van der Waals surface area contributed by atoms with E-state index in [4.69, 9.17) is 37.8 Å². The van der Waals surface area contributed by atoms with Crippen molar-refractivity contribution in [3.05, 3.63) is 178 Å². The lowest BCUT2D eigenvalue weighted by Gasteiger charge is -2.49. The average Bonchev–Trinajstić information content (AvgIpc) is 3.40. The predicted molar refractivity (Wildman–Crippen MR) is 294 cm³/mol. The third-order valence-corrected chi connectivity index (χ3v) is 13.8. The number of amides is 3. The van der Waals surface area contributed by atoms with Gasteiger partial charge in [-0.05, 0) is 107 Å². The molecular formula is C58H58Cl2F2N8O7. The summed E-state index contributed by atoms with van der Waals surface area (Å²) in [6.07, 6.45) is 8.95. The first-order valence-electron chi connectivity index (χ1n) is 25.0. The number of carboxylic acids is 1. The summed E-state index contributed by atoms with van der Waals surface area (Å²) in [6, 6.07) is 32.0. The second-order valence-electron chi connectivity index (χ2n) is 18.8. The molecule has 19 heteroatoms. The number of carbonyl (C=O) groups is 4. The van der Waals surface area contributed by atoms with E-state index in [1.807, 2.05) is 47.4 Å². The summed E-state index contributed by atoms with van der Waals surface area (Å²) in [4.78, 5) is 62.3. The Balaban J connectivity index is 0.000000169. The zero-order valence-corrected chi connectivity index (χ0v) is 43.9. The van der Waals surface area contributed by atoms with Crippen molar-refractivity contribution in [3.63, 3.8) is 0 Å². The Morgan fingerprint density at radius 3 is 1.48 bits per heavy atom. The number of aromatic nitrogens is 2. The van der Waals surface area contributed by atoms with Gasteiger partial charge in [0.25, 0.3) is 0 Å². The monoisotopic (exact) mass is 1090 g/mol. The summed E-state index contributed by atoms with van der Waals surface area (Å²) in [7, 11) is 0. The quantitative estimate of drug-likeness (QED) is 0.0857. The molecule has 0 spiro atoms. The number of pyridine rings is 2. The standard InChI is InChI=1S/C29H28ClFN4O3.C16H13ClN2O3.C13H17FN2O/c1-19(36)33-28-13-26(30)25(27-4-2-3-11-32-27)12-21(28)7-10-29(37)34-15-23-17-38-18-24(16-34)35(23)14-20-5-8-22(31)9-6-20;1-10(20)19-15-9-13(17)12(14-4-2-3-7-18-14)8-11(15)5-6-16(21)22;14-11-3-1-10(2-4-11)7-16-12-5-15-6-13(16)9-17-8-12/h2-13,23-24H,14-18H2,1H3,(H,33,36);2-9H,1H3,(H,19,20)(H,21,22);1-4,12-13,15H,5-9H2/b10-7+;6-5+;. The fourth-order valence-corrected chi connectivity index (χ4v) is 10.1. The molecule has 400 valence electrons. The number of hydrogen-bond donors (Lipinski definition) is 4. The minimum Gasteiger partial charge on any atom is -0.478 e. The van der Waals surface area contributed by atoms with E-state index in [0.717, 1.165) is 44.5 Å². The largest absolute Gasteiger partial charge is 0.478 e. The van der Waals surface area contributed by atoms with Gasteiger partial charge >= 0.3 is 5.97 Å². The highest BCUT2D eigenvalue weighted by molar-refractivity contribution is 6.34. The molecular weight excluding hydrogens is 1030 g/mol. The van der Waals surface area contributed by atoms with Crippen LogP contribution in [0.25, 0.3) is 34.7 Å². The van der Waals surface area contributed by atoms with E-state index >= 15 is 0 Å². The maximum absolute atomic E-state index is 13.3. The summed E-state index contributed by atoms with van der Waals surface area (Å²) in [5.74, 6) is -2.13. The number of aliphatic carboxylic acids is 1. The van der Waals surface area contributed by atoms with Gasteiger partial charge in [0.1, 0.15) is 11.6 Å². The van der Waals surface area contributed by atoms with Crippen molar-refractivity contribution in [2.75, 3.05) is 63.2 Å². The molecule has 4 fully saturated rings. The molecule has 10 rings (SSSR count). The fourth-order valence-electron chi connectivity index (χ4n) is 9.54. The molecule has 4 bridgehead atoms. The predicted octanol–water partition coefficient (Wildman–Crippen LogP) is 9.08.